The van der Waals surface area contributed by atoms with E-state index < -0.39 is 4.75 Å². The quantitative estimate of drug-likeness (QED) is 0.677. The molecule has 2 N–H and O–H groups in total. The molecule has 0 heterocycles. The molecule has 1 radical (unpaired) electrons. The van der Waals surface area contributed by atoms with Crippen LogP contribution in [0, 0.1) is 0 Å². The zero-order chi connectivity index (χ0) is 10.3. The summed E-state index contributed by atoms with van der Waals surface area (Å²) >= 11 is 5.28. The lowest BCUT2D eigenvalue weighted by Crippen LogP contribution is -2.38. The van der Waals surface area contributed by atoms with Crippen LogP contribution in [0.25, 0.3) is 0 Å². The monoisotopic (exact) mass is 202 g/mol. The minimum Gasteiger partial charge on any atom is -0.368 e. The summed E-state index contributed by atoms with van der Waals surface area (Å²) in [6.07, 6.45) is 5.64. The fourth-order valence-corrected chi connectivity index (χ4v) is 1.58. The highest BCUT2D eigenvalue weighted by molar-refractivity contribution is 7.82. The predicted molar refractivity (Wildman–Crippen MR) is 58.6 cm³/mol. The molecule has 1 amide bonds. The van der Waals surface area contributed by atoms with Gasteiger partial charge in [0.15, 0.2) is 0 Å². The SMILES string of the molecule is CCCCC([S])(CCCC)C(N)=O. The predicted octanol–water partition coefficient (Wildman–Crippen LogP) is 2.79. The van der Waals surface area contributed by atoms with Gasteiger partial charge in [0.05, 0.1) is 0 Å². The second kappa shape index (κ2) is 6.30. The molecule has 0 aliphatic carbocycles. The van der Waals surface area contributed by atoms with Crippen molar-refractivity contribution < 1.29 is 4.79 Å². The molecule has 0 saturated carbocycles. The molecule has 0 spiro atoms. The molecule has 0 aromatic carbocycles. The smallest absolute Gasteiger partial charge is 0.234 e. The van der Waals surface area contributed by atoms with Gasteiger partial charge in [-0.25, -0.2) is 0 Å². The molecule has 0 fully saturated rings. The van der Waals surface area contributed by atoms with Crippen LogP contribution in [-0.2, 0) is 4.79 Å². The van der Waals surface area contributed by atoms with Gasteiger partial charge >= 0.3 is 0 Å². The molecule has 0 atom stereocenters. The number of carbonyl (C=O) groups is 1. The Morgan fingerprint density at radius 1 is 1.23 bits per heavy atom. The molecular weight excluding hydrogens is 182 g/mol. The number of unbranched alkanes of at least 4 members (excludes halogenated alkanes) is 2. The van der Waals surface area contributed by atoms with Crippen molar-refractivity contribution in [2.24, 2.45) is 5.73 Å². The number of primary amides is 1. The van der Waals surface area contributed by atoms with Gasteiger partial charge in [0.25, 0.3) is 0 Å². The normalized spacial score (nSPS) is 11.6. The minimum absolute atomic E-state index is 0.315. The molecule has 0 saturated heterocycles. The van der Waals surface area contributed by atoms with E-state index in [9.17, 15) is 4.79 Å². The molecule has 0 aliphatic rings. The van der Waals surface area contributed by atoms with E-state index in [1.54, 1.807) is 0 Å². The summed E-state index contributed by atoms with van der Waals surface area (Å²) < 4.78 is -0.675. The molecule has 0 aromatic rings. The van der Waals surface area contributed by atoms with E-state index in [1.807, 2.05) is 0 Å². The van der Waals surface area contributed by atoms with Gasteiger partial charge in [0.1, 0.15) is 4.75 Å². The van der Waals surface area contributed by atoms with E-state index in [1.165, 1.54) is 0 Å². The highest BCUT2D eigenvalue weighted by atomic mass is 32.1. The van der Waals surface area contributed by atoms with Crippen LogP contribution in [0.1, 0.15) is 52.4 Å². The number of amides is 1. The summed E-state index contributed by atoms with van der Waals surface area (Å²) in [5.74, 6) is -0.315. The molecule has 0 aromatic heterocycles. The van der Waals surface area contributed by atoms with Gasteiger partial charge in [-0.1, -0.05) is 52.2 Å². The van der Waals surface area contributed by atoms with Crippen LogP contribution in [0.4, 0.5) is 0 Å². The molecule has 0 aliphatic heterocycles. The third-order valence-electron chi connectivity index (χ3n) is 2.32. The number of rotatable bonds is 7. The Balaban J connectivity index is 4.08. The van der Waals surface area contributed by atoms with Crippen molar-refractivity contribution in [2.75, 3.05) is 0 Å². The van der Waals surface area contributed by atoms with Crippen LogP contribution < -0.4 is 5.73 Å². The van der Waals surface area contributed by atoms with Crippen molar-refractivity contribution in [2.45, 2.75) is 57.1 Å². The van der Waals surface area contributed by atoms with Gasteiger partial charge in [-0.3, -0.25) is 4.79 Å². The molecule has 2 nitrogen and oxygen atoms in total. The Morgan fingerprint density at radius 2 is 1.62 bits per heavy atom. The van der Waals surface area contributed by atoms with Crippen molar-refractivity contribution in [1.82, 2.24) is 0 Å². The summed E-state index contributed by atoms with van der Waals surface area (Å²) in [7, 11) is 0. The largest absolute Gasteiger partial charge is 0.368 e. The van der Waals surface area contributed by atoms with Crippen molar-refractivity contribution >= 4 is 18.5 Å². The van der Waals surface area contributed by atoms with E-state index in [-0.39, 0.29) is 5.91 Å². The van der Waals surface area contributed by atoms with Crippen molar-refractivity contribution in [3.8, 4) is 0 Å². The average molecular weight is 202 g/mol. The van der Waals surface area contributed by atoms with Gasteiger partial charge in [-0.05, 0) is 12.8 Å². The summed E-state index contributed by atoms with van der Waals surface area (Å²) in [6.45, 7) is 4.19. The zero-order valence-electron chi connectivity index (χ0n) is 8.64. The van der Waals surface area contributed by atoms with Crippen LogP contribution in [0.5, 0.6) is 0 Å². The van der Waals surface area contributed by atoms with Crippen LogP contribution in [0.3, 0.4) is 0 Å². The van der Waals surface area contributed by atoms with Gasteiger partial charge in [0.2, 0.25) is 5.91 Å². The lowest BCUT2D eigenvalue weighted by molar-refractivity contribution is -0.120. The van der Waals surface area contributed by atoms with Crippen molar-refractivity contribution in [1.29, 1.82) is 0 Å². The summed E-state index contributed by atoms with van der Waals surface area (Å²) in [5.41, 5.74) is 5.31. The lowest BCUT2D eigenvalue weighted by Gasteiger charge is -2.23. The Labute approximate surface area is 86.7 Å². The Hall–Kier alpha value is -0.180. The Kier molecular flexibility index (Phi) is 6.21. The first-order valence-corrected chi connectivity index (χ1v) is 5.48. The number of carbonyl (C=O) groups excluding carboxylic acids is 1. The van der Waals surface area contributed by atoms with E-state index in [0.717, 1.165) is 38.5 Å². The van der Waals surface area contributed by atoms with E-state index in [4.69, 9.17) is 18.4 Å². The van der Waals surface area contributed by atoms with Crippen LogP contribution in [0.15, 0.2) is 0 Å². The Morgan fingerprint density at radius 3 is 1.85 bits per heavy atom. The van der Waals surface area contributed by atoms with E-state index >= 15 is 0 Å². The highest BCUT2D eigenvalue weighted by Gasteiger charge is 2.31. The van der Waals surface area contributed by atoms with Crippen LogP contribution >= 0.6 is 12.6 Å². The molecular formula is C10H20NOS. The second-order valence-corrected chi connectivity index (χ2v) is 4.35. The number of nitrogens with two attached hydrogens (primary N) is 1. The van der Waals surface area contributed by atoms with Gasteiger partial charge in [-0.2, -0.15) is 0 Å². The highest BCUT2D eigenvalue weighted by Crippen LogP contribution is 2.27. The topological polar surface area (TPSA) is 43.1 Å². The van der Waals surface area contributed by atoms with Gasteiger partial charge in [-0.15, -0.1) is 0 Å². The summed E-state index contributed by atoms with van der Waals surface area (Å²) in [6, 6.07) is 0. The maximum atomic E-state index is 11.2. The second-order valence-electron chi connectivity index (χ2n) is 3.57. The van der Waals surface area contributed by atoms with Gasteiger partial charge in [0, 0.05) is 0 Å². The third kappa shape index (κ3) is 4.55. The molecule has 77 valence electrons. The molecule has 3 heteroatoms. The first-order valence-electron chi connectivity index (χ1n) is 5.07. The maximum absolute atomic E-state index is 11.2. The zero-order valence-corrected chi connectivity index (χ0v) is 9.45. The van der Waals surface area contributed by atoms with E-state index in [2.05, 4.69) is 13.8 Å². The number of hydrogen-bond acceptors (Lipinski definition) is 1. The van der Waals surface area contributed by atoms with Crippen molar-refractivity contribution in [3.05, 3.63) is 0 Å². The Bertz CT molecular complexity index is 151. The molecule has 0 unspecified atom stereocenters. The average Bonchev–Trinajstić information content (AvgIpc) is 2.11. The van der Waals surface area contributed by atoms with Crippen LogP contribution in [-0.4, -0.2) is 10.7 Å². The minimum atomic E-state index is -0.675. The summed E-state index contributed by atoms with van der Waals surface area (Å²) in [4.78, 5) is 11.2. The first-order chi connectivity index (χ1) is 6.06. The summed E-state index contributed by atoms with van der Waals surface area (Å²) in [5, 5.41) is 0. The van der Waals surface area contributed by atoms with E-state index in [0.29, 0.717) is 0 Å². The lowest BCUT2D eigenvalue weighted by atomic mass is 9.94. The molecule has 0 rings (SSSR count). The fourth-order valence-electron chi connectivity index (χ4n) is 1.30. The van der Waals surface area contributed by atoms with Gasteiger partial charge < -0.3 is 5.73 Å². The third-order valence-corrected chi connectivity index (χ3v) is 2.93. The number of hydrogen-bond donors (Lipinski definition) is 1. The van der Waals surface area contributed by atoms with Crippen LogP contribution in [0.2, 0.25) is 0 Å². The standard InChI is InChI=1S/C10H20NOS/c1-3-5-7-10(13,9(11)12)8-6-4-2/h3-8H2,1-2H3,(H2,11,12). The molecule has 13 heavy (non-hydrogen) atoms. The maximum Gasteiger partial charge on any atom is 0.234 e. The van der Waals surface area contributed by atoms with Crippen molar-refractivity contribution in [3.63, 3.8) is 0 Å². The fraction of sp³-hybridized carbons (Fsp3) is 0.900. The first kappa shape index (κ1) is 12.8. The molecule has 0 bridgehead atoms.